The Balaban J connectivity index is 1.60. The number of H-pyrrole nitrogens is 1. The van der Waals surface area contributed by atoms with Crippen LogP contribution in [0.3, 0.4) is 0 Å². The average molecular weight is 364 g/mol. The molecule has 0 spiro atoms. The maximum atomic E-state index is 12.8. The topological polar surface area (TPSA) is 96.6 Å². The van der Waals surface area contributed by atoms with Gasteiger partial charge in [-0.15, -0.1) is 0 Å². The molecule has 0 unspecified atom stereocenters. The van der Waals surface area contributed by atoms with E-state index in [9.17, 15) is 9.59 Å². The molecule has 3 rings (SSSR count). The molecule has 2 amide bonds. The van der Waals surface area contributed by atoms with E-state index in [1.807, 2.05) is 4.90 Å². The van der Waals surface area contributed by atoms with Gasteiger partial charge in [0.2, 0.25) is 5.91 Å². The number of ether oxygens (including phenoxy) is 2. The van der Waals surface area contributed by atoms with Crippen molar-refractivity contribution in [1.82, 2.24) is 20.4 Å². The number of carbonyl (C=O) groups is 2. The maximum absolute atomic E-state index is 12.8. The maximum Gasteiger partial charge on any atom is 0.254 e. The molecule has 2 fully saturated rings. The number of hydrogen-bond acceptors (Lipinski definition) is 5. The van der Waals surface area contributed by atoms with E-state index in [1.54, 1.807) is 6.20 Å². The molecule has 8 nitrogen and oxygen atoms in total. The minimum absolute atomic E-state index is 0.0444. The molecule has 3 atom stereocenters. The van der Waals surface area contributed by atoms with E-state index in [2.05, 4.69) is 22.4 Å². The summed E-state index contributed by atoms with van der Waals surface area (Å²) in [5.41, 5.74) is 0.505. The lowest BCUT2D eigenvalue weighted by Crippen LogP contribution is -2.51. The molecular weight excluding hydrogens is 336 g/mol. The Morgan fingerprint density at radius 3 is 2.88 bits per heavy atom. The number of hydrogen-bond donors (Lipinski definition) is 2. The van der Waals surface area contributed by atoms with E-state index < -0.39 is 0 Å². The number of morpholine rings is 1. The van der Waals surface area contributed by atoms with Crippen LogP contribution in [0.25, 0.3) is 0 Å². The Morgan fingerprint density at radius 1 is 1.38 bits per heavy atom. The van der Waals surface area contributed by atoms with Crippen LogP contribution in [0.1, 0.15) is 43.0 Å². The fourth-order valence-electron chi connectivity index (χ4n) is 3.64. The number of aromatic nitrogens is 2. The Morgan fingerprint density at radius 2 is 2.19 bits per heavy atom. The molecule has 1 aliphatic heterocycles. The predicted molar refractivity (Wildman–Crippen MR) is 94.6 cm³/mol. The van der Waals surface area contributed by atoms with Gasteiger partial charge in [0.15, 0.2) is 0 Å². The van der Waals surface area contributed by atoms with Crippen LogP contribution in [0.5, 0.6) is 0 Å². The van der Waals surface area contributed by atoms with E-state index in [0.29, 0.717) is 44.9 Å². The summed E-state index contributed by atoms with van der Waals surface area (Å²) in [6, 6.07) is -0.0855. The van der Waals surface area contributed by atoms with Gasteiger partial charge in [0, 0.05) is 31.8 Å². The first-order valence-electron chi connectivity index (χ1n) is 9.46. The molecule has 2 aliphatic rings. The van der Waals surface area contributed by atoms with Crippen LogP contribution in [0.15, 0.2) is 12.4 Å². The van der Waals surface area contributed by atoms with E-state index in [4.69, 9.17) is 9.47 Å². The first-order valence-corrected chi connectivity index (χ1v) is 9.46. The molecule has 8 heteroatoms. The third-order valence-corrected chi connectivity index (χ3v) is 5.08. The van der Waals surface area contributed by atoms with Crippen LogP contribution in [0.2, 0.25) is 0 Å². The van der Waals surface area contributed by atoms with Crippen molar-refractivity contribution in [2.45, 2.75) is 44.8 Å². The van der Waals surface area contributed by atoms with Crippen molar-refractivity contribution in [2.24, 2.45) is 5.92 Å². The lowest BCUT2D eigenvalue weighted by molar-refractivity contribution is -0.143. The van der Waals surface area contributed by atoms with Crippen molar-refractivity contribution < 1.29 is 19.1 Å². The van der Waals surface area contributed by atoms with Gasteiger partial charge in [-0.3, -0.25) is 14.7 Å². The highest BCUT2D eigenvalue weighted by atomic mass is 16.5. The van der Waals surface area contributed by atoms with Crippen molar-refractivity contribution in [1.29, 1.82) is 0 Å². The third kappa shape index (κ3) is 4.62. The molecule has 1 saturated carbocycles. The van der Waals surface area contributed by atoms with Crippen molar-refractivity contribution in [3.8, 4) is 0 Å². The number of carbonyl (C=O) groups excluding carboxylic acids is 2. The van der Waals surface area contributed by atoms with Crippen LogP contribution in [-0.4, -0.2) is 72.0 Å². The molecule has 0 radical (unpaired) electrons. The number of rotatable bonds is 6. The van der Waals surface area contributed by atoms with Gasteiger partial charge in [-0.1, -0.05) is 6.92 Å². The molecule has 1 aromatic heterocycles. The third-order valence-electron chi connectivity index (χ3n) is 5.08. The van der Waals surface area contributed by atoms with Gasteiger partial charge in [-0.25, -0.2) is 0 Å². The molecule has 144 valence electrons. The van der Waals surface area contributed by atoms with Crippen LogP contribution in [0.4, 0.5) is 0 Å². The molecular formula is C18H28N4O4. The second kappa shape index (κ2) is 9.14. The van der Waals surface area contributed by atoms with Crippen molar-refractivity contribution in [2.75, 3.05) is 32.9 Å². The predicted octanol–water partition coefficient (Wildman–Crippen LogP) is 0.962. The summed E-state index contributed by atoms with van der Waals surface area (Å²) in [7, 11) is 0. The summed E-state index contributed by atoms with van der Waals surface area (Å²) in [6.07, 6.45) is 5.98. The van der Waals surface area contributed by atoms with Crippen molar-refractivity contribution in [3.63, 3.8) is 0 Å². The quantitative estimate of drug-likeness (QED) is 0.784. The molecule has 1 aromatic rings. The zero-order valence-electron chi connectivity index (χ0n) is 15.3. The fourth-order valence-corrected chi connectivity index (χ4v) is 3.64. The Hall–Kier alpha value is -1.93. The monoisotopic (exact) mass is 364 g/mol. The molecule has 26 heavy (non-hydrogen) atoms. The Kier molecular flexibility index (Phi) is 6.62. The summed E-state index contributed by atoms with van der Waals surface area (Å²) >= 11 is 0. The second-order valence-corrected chi connectivity index (χ2v) is 6.92. The average Bonchev–Trinajstić information content (AvgIpc) is 3.22. The molecule has 2 N–H and O–H groups in total. The summed E-state index contributed by atoms with van der Waals surface area (Å²) in [4.78, 5) is 27.0. The van der Waals surface area contributed by atoms with Gasteiger partial charge in [0.25, 0.3) is 5.91 Å². The number of aromatic amines is 1. The summed E-state index contributed by atoms with van der Waals surface area (Å²) in [6.45, 7) is 5.22. The minimum atomic E-state index is -0.160. The number of nitrogens with one attached hydrogen (secondary N) is 2. The number of amides is 2. The summed E-state index contributed by atoms with van der Waals surface area (Å²) in [5.74, 6) is -0.0122. The van der Waals surface area contributed by atoms with Gasteiger partial charge in [0.05, 0.1) is 37.1 Å². The van der Waals surface area contributed by atoms with Gasteiger partial charge in [-0.05, 0) is 25.7 Å². The molecule has 2 heterocycles. The Bertz CT molecular complexity index is 586. The van der Waals surface area contributed by atoms with Gasteiger partial charge in [-0.2, -0.15) is 5.10 Å². The summed E-state index contributed by atoms with van der Waals surface area (Å²) < 4.78 is 11.3. The molecule has 1 saturated heterocycles. The minimum Gasteiger partial charge on any atom is -0.378 e. The second-order valence-electron chi connectivity index (χ2n) is 6.92. The first kappa shape index (κ1) is 18.8. The molecule has 0 bridgehead atoms. The van der Waals surface area contributed by atoms with Crippen molar-refractivity contribution in [3.05, 3.63) is 18.0 Å². The lowest BCUT2D eigenvalue weighted by Gasteiger charge is -2.38. The van der Waals surface area contributed by atoms with Crippen molar-refractivity contribution >= 4 is 11.8 Å². The van der Waals surface area contributed by atoms with E-state index >= 15 is 0 Å². The summed E-state index contributed by atoms with van der Waals surface area (Å²) in [5, 5.41) is 9.51. The van der Waals surface area contributed by atoms with Gasteiger partial charge < -0.3 is 19.7 Å². The van der Waals surface area contributed by atoms with Crippen LogP contribution in [-0.2, 0) is 14.3 Å². The number of nitrogens with zero attached hydrogens (tertiary/aromatic N) is 2. The fraction of sp³-hybridized carbons (Fsp3) is 0.722. The van der Waals surface area contributed by atoms with Crippen LogP contribution in [0, 0.1) is 5.92 Å². The standard InChI is InChI=1S/C18H28N4O4/c1-2-7-26-16-10-13(18(24)22-5-8-25-9-6-22)3-4-15(16)21-17(23)14-11-19-20-12-14/h11-13,15-16H,2-10H2,1H3,(H,19,20)(H,21,23)/t13-,15-,16-/m0/s1. The lowest BCUT2D eigenvalue weighted by atomic mass is 9.82. The Labute approximate surface area is 153 Å². The highest BCUT2D eigenvalue weighted by molar-refractivity contribution is 5.93. The van der Waals surface area contributed by atoms with E-state index in [1.165, 1.54) is 6.20 Å². The highest BCUT2D eigenvalue weighted by Gasteiger charge is 2.37. The van der Waals surface area contributed by atoms with Gasteiger partial charge in [0.1, 0.15) is 0 Å². The van der Waals surface area contributed by atoms with Gasteiger partial charge >= 0.3 is 0 Å². The zero-order chi connectivity index (χ0) is 18.4. The molecule has 0 aromatic carbocycles. The normalized spacial score (nSPS) is 26.5. The first-order chi connectivity index (χ1) is 12.7. The molecule has 1 aliphatic carbocycles. The zero-order valence-corrected chi connectivity index (χ0v) is 15.3. The smallest absolute Gasteiger partial charge is 0.254 e. The van der Waals surface area contributed by atoms with E-state index in [0.717, 1.165) is 19.3 Å². The highest BCUT2D eigenvalue weighted by Crippen LogP contribution is 2.29. The van der Waals surface area contributed by atoms with E-state index in [-0.39, 0.29) is 29.9 Å². The SMILES string of the molecule is CCCO[C@H]1C[C@@H](C(=O)N2CCOCC2)CC[C@@H]1NC(=O)c1cn[nH]c1. The van der Waals surface area contributed by atoms with Crippen LogP contribution >= 0.6 is 0 Å². The largest absolute Gasteiger partial charge is 0.378 e. The van der Waals surface area contributed by atoms with Crippen LogP contribution < -0.4 is 5.32 Å².